The highest BCUT2D eigenvalue weighted by atomic mass is 35.5. The predicted molar refractivity (Wildman–Crippen MR) is 77.7 cm³/mol. The third-order valence-corrected chi connectivity index (χ3v) is 3.81. The number of hydrogen-bond acceptors (Lipinski definition) is 3. The van der Waals surface area contributed by atoms with E-state index in [1.807, 2.05) is 6.07 Å². The highest BCUT2D eigenvalue weighted by Gasteiger charge is 2.17. The summed E-state index contributed by atoms with van der Waals surface area (Å²) in [5, 5.41) is 11.5. The number of fused-ring (bicyclic) bond motifs is 1. The Kier molecular flexibility index (Phi) is 3.74. The summed E-state index contributed by atoms with van der Waals surface area (Å²) in [7, 11) is 0. The zero-order chi connectivity index (χ0) is 14.1. The first-order valence-electron chi connectivity index (χ1n) is 6.15. The highest BCUT2D eigenvalue weighted by Crippen LogP contribution is 2.35. The van der Waals surface area contributed by atoms with Crippen molar-refractivity contribution in [2.45, 2.75) is 12.5 Å². The Bertz CT molecular complexity index is 643. The quantitative estimate of drug-likeness (QED) is 0.931. The smallest absolute Gasteiger partial charge is 0.231 e. The minimum Gasteiger partial charge on any atom is -0.454 e. The second-order valence-corrected chi connectivity index (χ2v) is 5.41. The number of ether oxygens (including phenoxy) is 2. The van der Waals surface area contributed by atoms with E-state index in [4.69, 9.17) is 32.7 Å². The van der Waals surface area contributed by atoms with Crippen LogP contribution in [0.25, 0.3) is 0 Å². The molecule has 0 aromatic heterocycles. The van der Waals surface area contributed by atoms with Crippen LogP contribution in [0.1, 0.15) is 17.2 Å². The molecule has 1 N–H and O–H groups in total. The van der Waals surface area contributed by atoms with Gasteiger partial charge in [-0.25, -0.2) is 0 Å². The van der Waals surface area contributed by atoms with E-state index in [1.165, 1.54) is 0 Å². The molecule has 5 heteroatoms. The molecule has 2 aromatic carbocycles. The van der Waals surface area contributed by atoms with Crippen molar-refractivity contribution < 1.29 is 14.6 Å². The minimum atomic E-state index is -0.680. The van der Waals surface area contributed by atoms with Gasteiger partial charge in [0.2, 0.25) is 6.79 Å². The van der Waals surface area contributed by atoms with Crippen LogP contribution in [0.5, 0.6) is 11.5 Å². The normalized spacial score (nSPS) is 14.3. The molecule has 0 saturated carbocycles. The van der Waals surface area contributed by atoms with Crippen LogP contribution in [0.2, 0.25) is 10.0 Å². The molecule has 0 aliphatic carbocycles. The van der Waals surface area contributed by atoms with Gasteiger partial charge in [0.05, 0.1) is 6.10 Å². The van der Waals surface area contributed by atoms with E-state index in [9.17, 15) is 5.11 Å². The second kappa shape index (κ2) is 5.52. The van der Waals surface area contributed by atoms with Crippen LogP contribution in [-0.4, -0.2) is 11.9 Å². The number of aliphatic hydroxyl groups excluding tert-OH is 1. The van der Waals surface area contributed by atoms with Crippen molar-refractivity contribution in [2.24, 2.45) is 0 Å². The van der Waals surface area contributed by atoms with Gasteiger partial charge in [0.15, 0.2) is 11.5 Å². The monoisotopic (exact) mass is 310 g/mol. The maximum absolute atomic E-state index is 10.3. The van der Waals surface area contributed by atoms with Gasteiger partial charge in [-0.05, 0) is 41.5 Å². The van der Waals surface area contributed by atoms with Gasteiger partial charge in [-0.1, -0.05) is 29.3 Å². The summed E-state index contributed by atoms with van der Waals surface area (Å²) in [6.07, 6.45) is -0.292. The third-order valence-electron chi connectivity index (χ3n) is 3.20. The Labute approximate surface area is 126 Å². The van der Waals surface area contributed by atoms with Gasteiger partial charge in [0.1, 0.15) is 0 Å². The van der Waals surface area contributed by atoms with Gasteiger partial charge >= 0.3 is 0 Å². The predicted octanol–water partition coefficient (Wildman–Crippen LogP) is 4.00. The van der Waals surface area contributed by atoms with Crippen LogP contribution in [-0.2, 0) is 6.42 Å². The molecule has 1 aliphatic heterocycles. The van der Waals surface area contributed by atoms with E-state index in [0.29, 0.717) is 28.0 Å². The summed E-state index contributed by atoms with van der Waals surface area (Å²) >= 11 is 12.1. The molecule has 104 valence electrons. The van der Waals surface area contributed by atoms with Crippen molar-refractivity contribution in [1.29, 1.82) is 0 Å². The zero-order valence-corrected chi connectivity index (χ0v) is 12.0. The van der Waals surface area contributed by atoms with E-state index < -0.39 is 6.10 Å². The number of rotatable bonds is 3. The minimum absolute atomic E-state index is 0.217. The number of halogens is 2. The molecule has 3 nitrogen and oxygen atoms in total. The van der Waals surface area contributed by atoms with E-state index in [-0.39, 0.29) is 6.79 Å². The standard InChI is InChI=1S/C15H12Cl2O3/c16-11-2-3-12(17)10(5-11)6-13(18)9-1-4-14-15(7-9)20-8-19-14/h1-5,7,13,18H,6,8H2. The topological polar surface area (TPSA) is 38.7 Å². The lowest BCUT2D eigenvalue weighted by Crippen LogP contribution is -2.02. The number of hydrogen-bond donors (Lipinski definition) is 1. The molecule has 0 bridgehead atoms. The van der Waals surface area contributed by atoms with Crippen molar-refractivity contribution >= 4 is 23.2 Å². The average Bonchev–Trinajstić information content (AvgIpc) is 2.90. The van der Waals surface area contributed by atoms with E-state index in [1.54, 1.807) is 30.3 Å². The molecule has 0 saturated heterocycles. The Morgan fingerprint density at radius 1 is 1.05 bits per heavy atom. The number of benzene rings is 2. The molecule has 1 aliphatic rings. The van der Waals surface area contributed by atoms with Crippen LogP contribution in [0.3, 0.4) is 0 Å². The fourth-order valence-electron chi connectivity index (χ4n) is 2.15. The van der Waals surface area contributed by atoms with Gasteiger partial charge in [0, 0.05) is 16.5 Å². The fraction of sp³-hybridized carbons (Fsp3) is 0.200. The zero-order valence-electron chi connectivity index (χ0n) is 10.5. The summed E-state index contributed by atoms with van der Waals surface area (Å²) in [5.74, 6) is 1.35. The first-order valence-corrected chi connectivity index (χ1v) is 6.90. The molecular formula is C15H12Cl2O3. The van der Waals surface area contributed by atoms with Crippen molar-refractivity contribution in [1.82, 2.24) is 0 Å². The molecule has 0 fully saturated rings. The van der Waals surface area contributed by atoms with Gasteiger partial charge in [-0.3, -0.25) is 0 Å². The molecule has 1 unspecified atom stereocenters. The Balaban J connectivity index is 1.82. The third kappa shape index (κ3) is 2.70. The summed E-state index contributed by atoms with van der Waals surface area (Å²) < 4.78 is 10.5. The van der Waals surface area contributed by atoms with Crippen molar-refractivity contribution in [3.05, 3.63) is 57.6 Å². The van der Waals surface area contributed by atoms with Gasteiger partial charge < -0.3 is 14.6 Å². The summed E-state index contributed by atoms with van der Waals surface area (Å²) in [6.45, 7) is 0.217. The van der Waals surface area contributed by atoms with Crippen molar-refractivity contribution in [3.63, 3.8) is 0 Å². The Morgan fingerprint density at radius 2 is 1.85 bits per heavy atom. The lowest BCUT2D eigenvalue weighted by molar-refractivity contribution is 0.171. The number of aliphatic hydroxyl groups is 1. The Morgan fingerprint density at radius 3 is 2.70 bits per heavy atom. The molecule has 1 atom stereocenters. The summed E-state index contributed by atoms with van der Waals surface area (Å²) in [4.78, 5) is 0. The van der Waals surface area contributed by atoms with Crippen molar-refractivity contribution in [3.8, 4) is 11.5 Å². The average molecular weight is 311 g/mol. The van der Waals surface area contributed by atoms with Crippen LogP contribution < -0.4 is 9.47 Å². The molecule has 0 amide bonds. The van der Waals surface area contributed by atoms with Gasteiger partial charge in [0.25, 0.3) is 0 Å². The van der Waals surface area contributed by atoms with Gasteiger partial charge in [-0.2, -0.15) is 0 Å². The van der Waals surface area contributed by atoms with E-state index in [2.05, 4.69) is 0 Å². The largest absolute Gasteiger partial charge is 0.454 e. The molecule has 20 heavy (non-hydrogen) atoms. The first-order chi connectivity index (χ1) is 9.63. The Hall–Kier alpha value is -1.42. The highest BCUT2D eigenvalue weighted by molar-refractivity contribution is 6.33. The van der Waals surface area contributed by atoms with E-state index >= 15 is 0 Å². The molecule has 1 heterocycles. The molecule has 0 radical (unpaired) electrons. The summed E-state index contributed by atoms with van der Waals surface area (Å²) in [6, 6.07) is 10.6. The molecule has 0 spiro atoms. The van der Waals surface area contributed by atoms with Gasteiger partial charge in [-0.15, -0.1) is 0 Å². The van der Waals surface area contributed by atoms with E-state index in [0.717, 1.165) is 11.1 Å². The fourth-order valence-corrected chi connectivity index (χ4v) is 2.54. The second-order valence-electron chi connectivity index (χ2n) is 4.57. The molecular weight excluding hydrogens is 299 g/mol. The maximum Gasteiger partial charge on any atom is 0.231 e. The van der Waals surface area contributed by atoms with Crippen LogP contribution in [0, 0.1) is 0 Å². The van der Waals surface area contributed by atoms with Crippen LogP contribution >= 0.6 is 23.2 Å². The van der Waals surface area contributed by atoms with Crippen LogP contribution in [0.4, 0.5) is 0 Å². The summed E-state index contributed by atoms with van der Waals surface area (Å²) in [5.41, 5.74) is 1.56. The maximum atomic E-state index is 10.3. The van der Waals surface area contributed by atoms with Crippen LogP contribution in [0.15, 0.2) is 36.4 Å². The SMILES string of the molecule is OC(Cc1cc(Cl)ccc1Cl)c1ccc2c(c1)OCO2. The lowest BCUT2D eigenvalue weighted by atomic mass is 10.0. The first kappa shape index (κ1) is 13.6. The molecule has 2 aromatic rings. The molecule has 3 rings (SSSR count). The lowest BCUT2D eigenvalue weighted by Gasteiger charge is -2.13. The van der Waals surface area contributed by atoms with Crippen molar-refractivity contribution in [2.75, 3.05) is 6.79 Å².